The minimum absolute atomic E-state index is 0.183. The molecule has 0 saturated heterocycles. The van der Waals surface area contributed by atoms with Gasteiger partial charge < -0.3 is 5.32 Å². The van der Waals surface area contributed by atoms with Crippen LogP contribution in [0.25, 0.3) is 0 Å². The highest BCUT2D eigenvalue weighted by Gasteiger charge is 2.15. The van der Waals surface area contributed by atoms with Gasteiger partial charge in [-0.25, -0.2) is 9.97 Å². The summed E-state index contributed by atoms with van der Waals surface area (Å²) in [6.07, 6.45) is 2.69. The van der Waals surface area contributed by atoms with Crippen molar-refractivity contribution in [2.75, 3.05) is 7.05 Å². The molecule has 2 aromatic heterocycles. The number of nitrogens with zero attached hydrogens (tertiary/aromatic N) is 4. The average Bonchev–Trinajstić information content (AvgIpc) is 2.76. The summed E-state index contributed by atoms with van der Waals surface area (Å²) >= 11 is 0. The Labute approximate surface area is 114 Å². The van der Waals surface area contributed by atoms with Gasteiger partial charge in [-0.2, -0.15) is 5.10 Å². The molecule has 0 spiro atoms. The van der Waals surface area contributed by atoms with E-state index in [0.717, 1.165) is 30.2 Å². The van der Waals surface area contributed by atoms with E-state index in [1.165, 1.54) is 5.69 Å². The van der Waals surface area contributed by atoms with E-state index in [2.05, 4.69) is 33.4 Å². The molecule has 0 aromatic carbocycles. The molecule has 5 nitrogen and oxygen atoms in total. The molecule has 1 atom stereocenters. The van der Waals surface area contributed by atoms with Gasteiger partial charge in [-0.1, -0.05) is 0 Å². The first-order chi connectivity index (χ1) is 9.13. The Kier molecular flexibility index (Phi) is 4.27. The molecule has 19 heavy (non-hydrogen) atoms. The minimum Gasteiger partial charge on any atom is -0.311 e. The van der Waals surface area contributed by atoms with Gasteiger partial charge in [0.05, 0.1) is 17.4 Å². The lowest BCUT2D eigenvalue weighted by Gasteiger charge is -2.16. The Balaban J connectivity index is 2.23. The minimum atomic E-state index is 0.183. The molecule has 1 unspecified atom stereocenters. The van der Waals surface area contributed by atoms with Gasteiger partial charge in [0.2, 0.25) is 0 Å². The third-order valence-corrected chi connectivity index (χ3v) is 3.20. The van der Waals surface area contributed by atoms with Crippen LogP contribution in [-0.2, 0) is 13.0 Å². The molecule has 0 saturated carbocycles. The highest BCUT2D eigenvalue weighted by Crippen LogP contribution is 2.17. The standard InChI is InChI=1S/C14H21N5/c1-5-19-12(8-10(2)18-19)9-14(15-4)13-6-7-16-11(3)17-13/h6-8,14-15H,5,9H2,1-4H3. The van der Waals surface area contributed by atoms with Crippen molar-refractivity contribution < 1.29 is 0 Å². The Morgan fingerprint density at radius 3 is 2.79 bits per heavy atom. The first kappa shape index (κ1) is 13.7. The number of hydrogen-bond acceptors (Lipinski definition) is 4. The summed E-state index contributed by atoms with van der Waals surface area (Å²) in [5.41, 5.74) is 3.32. The zero-order valence-electron chi connectivity index (χ0n) is 12.0. The molecule has 2 aromatic rings. The first-order valence-electron chi connectivity index (χ1n) is 6.64. The van der Waals surface area contributed by atoms with Crippen molar-refractivity contribution in [3.05, 3.63) is 41.2 Å². The predicted molar refractivity (Wildman–Crippen MR) is 74.9 cm³/mol. The molecule has 0 aliphatic heterocycles. The lowest BCUT2D eigenvalue weighted by Crippen LogP contribution is -2.22. The molecule has 1 N–H and O–H groups in total. The highest BCUT2D eigenvalue weighted by molar-refractivity contribution is 5.15. The molecule has 2 heterocycles. The maximum absolute atomic E-state index is 4.50. The zero-order valence-corrected chi connectivity index (χ0v) is 12.0. The fraction of sp³-hybridized carbons (Fsp3) is 0.500. The van der Waals surface area contributed by atoms with Crippen LogP contribution in [0.5, 0.6) is 0 Å². The summed E-state index contributed by atoms with van der Waals surface area (Å²) in [5.74, 6) is 0.804. The summed E-state index contributed by atoms with van der Waals surface area (Å²) in [7, 11) is 1.96. The number of rotatable bonds is 5. The van der Waals surface area contributed by atoms with E-state index in [1.54, 1.807) is 0 Å². The SMILES string of the molecule is CCn1nc(C)cc1CC(NC)c1ccnc(C)n1. The van der Waals surface area contributed by atoms with Crippen LogP contribution in [0.15, 0.2) is 18.3 Å². The number of aromatic nitrogens is 4. The quantitative estimate of drug-likeness (QED) is 0.889. The van der Waals surface area contributed by atoms with Crippen LogP contribution in [0.1, 0.15) is 35.9 Å². The molecular formula is C14H21N5. The summed E-state index contributed by atoms with van der Waals surface area (Å²) in [6.45, 7) is 6.94. The molecule has 102 valence electrons. The summed E-state index contributed by atoms with van der Waals surface area (Å²) in [4.78, 5) is 8.64. The van der Waals surface area contributed by atoms with Crippen molar-refractivity contribution in [2.45, 2.75) is 39.8 Å². The molecule has 0 amide bonds. The largest absolute Gasteiger partial charge is 0.311 e. The van der Waals surface area contributed by atoms with E-state index < -0.39 is 0 Å². The third kappa shape index (κ3) is 3.17. The molecule has 0 aliphatic carbocycles. The second kappa shape index (κ2) is 5.93. The highest BCUT2D eigenvalue weighted by atomic mass is 15.3. The van der Waals surface area contributed by atoms with Gasteiger partial charge in [-0.15, -0.1) is 0 Å². The van der Waals surface area contributed by atoms with Gasteiger partial charge in [-0.05, 0) is 40.0 Å². The van der Waals surface area contributed by atoms with Crippen LogP contribution in [0.3, 0.4) is 0 Å². The van der Waals surface area contributed by atoms with E-state index in [-0.39, 0.29) is 6.04 Å². The van der Waals surface area contributed by atoms with Crippen molar-refractivity contribution in [3.8, 4) is 0 Å². The van der Waals surface area contributed by atoms with E-state index in [9.17, 15) is 0 Å². The number of nitrogens with one attached hydrogen (secondary N) is 1. The fourth-order valence-corrected chi connectivity index (χ4v) is 2.27. The molecule has 5 heteroatoms. The van der Waals surface area contributed by atoms with Crippen molar-refractivity contribution in [1.29, 1.82) is 0 Å². The lowest BCUT2D eigenvalue weighted by atomic mass is 10.1. The fourth-order valence-electron chi connectivity index (χ4n) is 2.27. The number of likely N-dealkylation sites (N-methyl/N-ethyl adjacent to an activating group) is 1. The number of aryl methyl sites for hydroxylation is 3. The zero-order chi connectivity index (χ0) is 13.8. The lowest BCUT2D eigenvalue weighted by molar-refractivity contribution is 0.529. The Hall–Kier alpha value is -1.75. The van der Waals surface area contributed by atoms with Crippen LogP contribution in [0, 0.1) is 13.8 Å². The van der Waals surface area contributed by atoms with Gasteiger partial charge in [-0.3, -0.25) is 4.68 Å². The van der Waals surface area contributed by atoms with Crippen LogP contribution < -0.4 is 5.32 Å². The van der Waals surface area contributed by atoms with E-state index in [1.807, 2.05) is 37.8 Å². The number of hydrogen-bond donors (Lipinski definition) is 1. The molecule has 2 rings (SSSR count). The van der Waals surface area contributed by atoms with Gasteiger partial charge in [0.15, 0.2) is 0 Å². The normalized spacial score (nSPS) is 12.6. The van der Waals surface area contributed by atoms with E-state index in [0.29, 0.717) is 0 Å². The molecule has 0 fully saturated rings. The molecule has 0 bridgehead atoms. The van der Waals surface area contributed by atoms with Crippen molar-refractivity contribution in [2.24, 2.45) is 0 Å². The van der Waals surface area contributed by atoms with Crippen LogP contribution in [0.2, 0.25) is 0 Å². The van der Waals surface area contributed by atoms with E-state index >= 15 is 0 Å². The Morgan fingerprint density at radius 1 is 1.37 bits per heavy atom. The summed E-state index contributed by atoms with van der Waals surface area (Å²) < 4.78 is 2.05. The Bertz CT molecular complexity index is 547. The molecular weight excluding hydrogens is 238 g/mol. The third-order valence-electron chi connectivity index (χ3n) is 3.20. The smallest absolute Gasteiger partial charge is 0.125 e. The Morgan fingerprint density at radius 2 is 2.16 bits per heavy atom. The maximum Gasteiger partial charge on any atom is 0.125 e. The van der Waals surface area contributed by atoms with Crippen molar-refractivity contribution in [3.63, 3.8) is 0 Å². The van der Waals surface area contributed by atoms with Crippen molar-refractivity contribution >= 4 is 0 Å². The second-order valence-electron chi connectivity index (χ2n) is 4.67. The summed E-state index contributed by atoms with van der Waals surface area (Å²) in [5, 5.41) is 7.81. The van der Waals surface area contributed by atoms with Gasteiger partial charge in [0, 0.05) is 24.9 Å². The van der Waals surface area contributed by atoms with Gasteiger partial charge >= 0.3 is 0 Å². The second-order valence-corrected chi connectivity index (χ2v) is 4.67. The molecule has 0 aliphatic rings. The predicted octanol–water partition coefficient (Wildman–Crippen LogP) is 1.81. The van der Waals surface area contributed by atoms with Gasteiger partial charge in [0.25, 0.3) is 0 Å². The topological polar surface area (TPSA) is 55.6 Å². The van der Waals surface area contributed by atoms with Gasteiger partial charge in [0.1, 0.15) is 5.82 Å². The maximum atomic E-state index is 4.50. The molecule has 0 radical (unpaired) electrons. The van der Waals surface area contributed by atoms with Crippen LogP contribution in [-0.4, -0.2) is 26.8 Å². The van der Waals surface area contributed by atoms with Crippen LogP contribution in [0.4, 0.5) is 0 Å². The van der Waals surface area contributed by atoms with Crippen molar-refractivity contribution in [1.82, 2.24) is 25.1 Å². The van der Waals surface area contributed by atoms with E-state index in [4.69, 9.17) is 0 Å². The van der Waals surface area contributed by atoms with Crippen LogP contribution >= 0.6 is 0 Å². The monoisotopic (exact) mass is 259 g/mol. The summed E-state index contributed by atoms with van der Waals surface area (Å²) in [6, 6.07) is 4.29. The average molecular weight is 259 g/mol. The first-order valence-corrected chi connectivity index (χ1v) is 6.64.